The van der Waals surface area contributed by atoms with E-state index < -0.39 is 17.6 Å². The van der Waals surface area contributed by atoms with E-state index >= 15 is 0 Å². The van der Waals surface area contributed by atoms with Crippen molar-refractivity contribution >= 4 is 27.9 Å². The second-order valence-corrected chi connectivity index (χ2v) is 5.68. The van der Waals surface area contributed by atoms with E-state index in [0.29, 0.717) is 10.0 Å². The average Bonchev–Trinajstić information content (AvgIpc) is 2.25. The Balaban J connectivity index is 2.85. The lowest BCUT2D eigenvalue weighted by atomic mass is 10.2. The minimum Gasteiger partial charge on any atom is -0.443 e. The fourth-order valence-corrected chi connectivity index (χ4v) is 1.68. The molecule has 0 aliphatic rings. The largest absolute Gasteiger partial charge is 0.443 e. The Morgan fingerprint density at radius 3 is 2.28 bits per heavy atom. The van der Waals surface area contributed by atoms with Crippen molar-refractivity contribution in [3.63, 3.8) is 0 Å². The second-order valence-electron chi connectivity index (χ2n) is 4.82. The number of ether oxygens (including phenoxy) is 1. The molecule has 0 aliphatic heterocycles. The van der Waals surface area contributed by atoms with Crippen molar-refractivity contribution in [3.8, 4) is 0 Å². The molecule has 1 rings (SSSR count). The molecule has 5 heteroatoms. The Labute approximate surface area is 115 Å². The van der Waals surface area contributed by atoms with Gasteiger partial charge in [-0.2, -0.15) is 0 Å². The molecule has 0 saturated carbocycles. The monoisotopic (exact) mass is 313 g/mol. The van der Waals surface area contributed by atoms with Crippen LogP contribution >= 0.6 is 15.9 Å². The quantitative estimate of drug-likeness (QED) is 0.797. The highest BCUT2D eigenvalue weighted by Gasteiger charge is 2.25. The summed E-state index contributed by atoms with van der Waals surface area (Å²) in [5.74, 6) is -0.406. The molecule has 0 unspecified atom stereocenters. The first kappa shape index (κ1) is 14.7. The number of amides is 2. The Morgan fingerprint density at radius 2 is 1.78 bits per heavy atom. The van der Waals surface area contributed by atoms with E-state index in [1.807, 2.05) is 0 Å². The normalized spacial score (nSPS) is 10.9. The lowest BCUT2D eigenvalue weighted by Gasteiger charge is -2.23. The SMILES string of the molecule is CN(C(=O)OC(C)(C)C)C(=O)c1ccccc1Br. The minimum absolute atomic E-state index is 0.406. The molecule has 0 fully saturated rings. The summed E-state index contributed by atoms with van der Waals surface area (Å²) in [7, 11) is 1.40. The van der Waals surface area contributed by atoms with Gasteiger partial charge in [0.25, 0.3) is 5.91 Å². The summed E-state index contributed by atoms with van der Waals surface area (Å²) >= 11 is 3.28. The van der Waals surface area contributed by atoms with E-state index in [-0.39, 0.29) is 0 Å². The summed E-state index contributed by atoms with van der Waals surface area (Å²) in [6.07, 6.45) is -0.664. The molecule has 0 aromatic heterocycles. The molecule has 1 aromatic rings. The summed E-state index contributed by atoms with van der Waals surface area (Å²) in [4.78, 5) is 24.8. The fraction of sp³-hybridized carbons (Fsp3) is 0.385. The van der Waals surface area contributed by atoms with Crippen molar-refractivity contribution in [2.45, 2.75) is 26.4 Å². The van der Waals surface area contributed by atoms with Gasteiger partial charge < -0.3 is 4.74 Å². The Hall–Kier alpha value is -1.36. The zero-order chi connectivity index (χ0) is 13.9. The molecule has 0 spiro atoms. The number of hydrogen-bond acceptors (Lipinski definition) is 3. The Kier molecular flexibility index (Phi) is 4.51. The molecule has 98 valence electrons. The number of nitrogens with zero attached hydrogens (tertiary/aromatic N) is 1. The van der Waals surface area contributed by atoms with Gasteiger partial charge in [0.15, 0.2) is 0 Å². The molecule has 0 heterocycles. The van der Waals surface area contributed by atoms with Crippen molar-refractivity contribution in [1.29, 1.82) is 0 Å². The van der Waals surface area contributed by atoms with Gasteiger partial charge in [-0.25, -0.2) is 9.69 Å². The van der Waals surface area contributed by atoms with Crippen LogP contribution in [0.4, 0.5) is 4.79 Å². The first-order valence-electron chi connectivity index (χ1n) is 5.48. The van der Waals surface area contributed by atoms with Gasteiger partial charge in [0.1, 0.15) is 5.60 Å². The van der Waals surface area contributed by atoms with E-state index in [9.17, 15) is 9.59 Å². The van der Waals surface area contributed by atoms with Crippen molar-refractivity contribution in [3.05, 3.63) is 34.3 Å². The maximum atomic E-state index is 12.1. The van der Waals surface area contributed by atoms with Crippen molar-refractivity contribution in [1.82, 2.24) is 4.90 Å². The molecule has 0 aliphatic carbocycles. The van der Waals surface area contributed by atoms with Gasteiger partial charge in [-0.15, -0.1) is 0 Å². The minimum atomic E-state index is -0.664. The van der Waals surface area contributed by atoms with Crippen LogP contribution in [0, 0.1) is 0 Å². The van der Waals surface area contributed by atoms with Crippen LogP contribution in [-0.2, 0) is 4.74 Å². The summed E-state index contributed by atoms with van der Waals surface area (Å²) in [6, 6.07) is 6.93. The molecule has 18 heavy (non-hydrogen) atoms. The fourth-order valence-electron chi connectivity index (χ4n) is 1.23. The van der Waals surface area contributed by atoms with Crippen molar-refractivity contribution < 1.29 is 14.3 Å². The first-order chi connectivity index (χ1) is 8.22. The number of hydrogen-bond donors (Lipinski definition) is 0. The van der Waals surface area contributed by atoms with Gasteiger partial charge in [0, 0.05) is 11.5 Å². The molecule has 0 saturated heterocycles. The number of rotatable bonds is 1. The predicted octanol–water partition coefficient (Wildman–Crippen LogP) is 3.46. The third-order valence-electron chi connectivity index (χ3n) is 2.08. The first-order valence-corrected chi connectivity index (χ1v) is 6.27. The molecule has 0 N–H and O–H groups in total. The third-order valence-corrected chi connectivity index (χ3v) is 2.77. The average molecular weight is 314 g/mol. The lowest BCUT2D eigenvalue weighted by Crippen LogP contribution is -2.38. The summed E-state index contributed by atoms with van der Waals surface area (Å²) < 4.78 is 5.78. The van der Waals surface area contributed by atoms with Crippen LogP contribution in [0.1, 0.15) is 31.1 Å². The van der Waals surface area contributed by atoms with Crippen molar-refractivity contribution in [2.75, 3.05) is 7.05 Å². The lowest BCUT2D eigenvalue weighted by molar-refractivity contribution is 0.0284. The maximum Gasteiger partial charge on any atom is 0.417 e. The van der Waals surface area contributed by atoms with Crippen LogP contribution in [0.2, 0.25) is 0 Å². The summed E-state index contributed by atoms with van der Waals surface area (Å²) in [5.41, 5.74) is -0.203. The highest BCUT2D eigenvalue weighted by Crippen LogP contribution is 2.18. The molecule has 4 nitrogen and oxygen atoms in total. The molecule has 1 aromatic carbocycles. The highest BCUT2D eigenvalue weighted by atomic mass is 79.9. The molecular formula is C13H16BrNO3. The van der Waals surface area contributed by atoms with Crippen LogP contribution in [-0.4, -0.2) is 29.5 Å². The van der Waals surface area contributed by atoms with Crippen LogP contribution < -0.4 is 0 Å². The van der Waals surface area contributed by atoms with Crippen LogP contribution in [0.5, 0.6) is 0 Å². The smallest absolute Gasteiger partial charge is 0.417 e. The van der Waals surface area contributed by atoms with Gasteiger partial charge >= 0.3 is 6.09 Å². The summed E-state index contributed by atoms with van der Waals surface area (Å²) in [6.45, 7) is 5.25. The standard InChI is InChI=1S/C13H16BrNO3/c1-13(2,3)18-12(17)15(4)11(16)9-7-5-6-8-10(9)14/h5-8H,1-4H3. The van der Waals surface area contributed by atoms with Crippen molar-refractivity contribution in [2.24, 2.45) is 0 Å². The molecule has 0 bridgehead atoms. The van der Waals surface area contributed by atoms with E-state index in [4.69, 9.17) is 4.74 Å². The van der Waals surface area contributed by atoms with Gasteiger partial charge in [0.2, 0.25) is 0 Å². The van der Waals surface area contributed by atoms with Gasteiger partial charge in [0.05, 0.1) is 5.56 Å². The molecule has 0 atom stereocenters. The van der Waals surface area contributed by atoms with E-state index in [1.165, 1.54) is 7.05 Å². The summed E-state index contributed by atoms with van der Waals surface area (Å²) in [5, 5.41) is 0. The zero-order valence-electron chi connectivity index (χ0n) is 10.9. The molecule has 0 radical (unpaired) electrons. The van der Waals surface area contributed by atoms with E-state index in [0.717, 1.165) is 4.90 Å². The Morgan fingerprint density at radius 1 is 1.22 bits per heavy atom. The number of benzene rings is 1. The molecule has 2 amide bonds. The highest BCUT2D eigenvalue weighted by molar-refractivity contribution is 9.10. The van der Waals surface area contributed by atoms with E-state index in [1.54, 1.807) is 45.0 Å². The van der Waals surface area contributed by atoms with Crippen LogP contribution in [0.25, 0.3) is 0 Å². The Bertz CT molecular complexity index is 466. The second kappa shape index (κ2) is 5.52. The maximum absolute atomic E-state index is 12.1. The number of halogens is 1. The van der Waals surface area contributed by atoms with Crippen LogP contribution in [0.15, 0.2) is 28.7 Å². The number of carbonyl (C=O) groups is 2. The van der Waals surface area contributed by atoms with Gasteiger partial charge in [-0.05, 0) is 48.8 Å². The zero-order valence-corrected chi connectivity index (χ0v) is 12.4. The molecular weight excluding hydrogens is 298 g/mol. The number of imide groups is 1. The predicted molar refractivity (Wildman–Crippen MR) is 72.5 cm³/mol. The topological polar surface area (TPSA) is 46.6 Å². The van der Waals surface area contributed by atoms with Gasteiger partial charge in [-0.3, -0.25) is 4.79 Å². The van der Waals surface area contributed by atoms with E-state index in [2.05, 4.69) is 15.9 Å². The third kappa shape index (κ3) is 3.84. The number of carbonyl (C=O) groups excluding carboxylic acids is 2. The van der Waals surface area contributed by atoms with Gasteiger partial charge in [-0.1, -0.05) is 12.1 Å². The van der Waals surface area contributed by atoms with Crippen LogP contribution in [0.3, 0.4) is 0 Å².